The number of sulfonamides is 1. The fourth-order valence-electron chi connectivity index (χ4n) is 1.59. The zero-order chi connectivity index (χ0) is 13.3. The van der Waals surface area contributed by atoms with Crippen molar-refractivity contribution in [2.75, 3.05) is 26.5 Å². The van der Waals surface area contributed by atoms with Gasteiger partial charge in [0.15, 0.2) is 0 Å². The Labute approximate surface area is 105 Å². The van der Waals surface area contributed by atoms with Gasteiger partial charge >= 0.3 is 0 Å². The van der Waals surface area contributed by atoms with Crippen molar-refractivity contribution in [1.29, 1.82) is 0 Å². The fraction of sp³-hybridized carbons (Fsp3) is 0.400. The van der Waals surface area contributed by atoms with Gasteiger partial charge in [0.05, 0.1) is 18.4 Å². The number of amides is 1. The van der Waals surface area contributed by atoms with E-state index in [0.29, 0.717) is 18.0 Å². The number of carbonyl (C=O) groups is 1. The van der Waals surface area contributed by atoms with Gasteiger partial charge in [0.25, 0.3) is 15.9 Å². The molecule has 0 unspecified atom stereocenters. The third-order valence-corrected chi connectivity index (χ3v) is 3.79. The van der Waals surface area contributed by atoms with Crippen molar-refractivity contribution in [3.63, 3.8) is 0 Å². The van der Waals surface area contributed by atoms with Crippen LogP contribution >= 0.6 is 0 Å². The molecule has 0 bridgehead atoms. The fourth-order valence-corrected chi connectivity index (χ4v) is 2.56. The summed E-state index contributed by atoms with van der Waals surface area (Å²) in [7, 11) is -0.471. The smallest absolute Gasteiger partial charge is 0.278 e. The van der Waals surface area contributed by atoms with Gasteiger partial charge in [-0.2, -0.15) is 0 Å². The van der Waals surface area contributed by atoms with Crippen molar-refractivity contribution in [2.45, 2.75) is 0 Å². The van der Waals surface area contributed by atoms with E-state index < -0.39 is 10.0 Å². The van der Waals surface area contributed by atoms with Crippen molar-refractivity contribution in [2.24, 2.45) is 4.40 Å². The predicted molar refractivity (Wildman–Crippen MR) is 64.9 cm³/mol. The molecule has 2 rings (SSSR count). The number of rotatable bonds is 2. The molecule has 0 atom stereocenters. The number of hydroxylamine groups is 2. The maximum atomic E-state index is 11.8. The molecule has 0 aromatic carbocycles. The summed E-state index contributed by atoms with van der Waals surface area (Å²) in [5.74, 6) is -0.0262. The van der Waals surface area contributed by atoms with Crippen LogP contribution in [0.5, 0.6) is 0 Å². The molecular weight excluding hydrogens is 258 g/mol. The van der Waals surface area contributed by atoms with Crippen molar-refractivity contribution < 1.29 is 18.0 Å². The minimum Gasteiger partial charge on any atom is -0.330 e. The van der Waals surface area contributed by atoms with Crippen molar-refractivity contribution in [1.82, 2.24) is 9.96 Å². The Bertz CT molecular complexity index is 562. The Hall–Kier alpha value is -1.67. The van der Waals surface area contributed by atoms with Crippen molar-refractivity contribution in [3.8, 4) is 0 Å². The van der Waals surface area contributed by atoms with Gasteiger partial charge in [0.2, 0.25) is 0 Å². The van der Waals surface area contributed by atoms with E-state index in [1.54, 1.807) is 11.1 Å². The predicted octanol–water partition coefficient (Wildman–Crippen LogP) is -0.496. The molecule has 0 spiro atoms. The minimum atomic E-state index is -3.37. The number of hydrogen-bond acceptors (Lipinski definition) is 5. The Balaban J connectivity index is 2.26. The second-order valence-electron chi connectivity index (χ2n) is 3.83. The summed E-state index contributed by atoms with van der Waals surface area (Å²) in [6, 6.07) is 0. The second-order valence-corrected chi connectivity index (χ2v) is 5.59. The van der Waals surface area contributed by atoms with E-state index in [1.165, 1.54) is 26.3 Å². The van der Waals surface area contributed by atoms with Gasteiger partial charge in [0, 0.05) is 19.8 Å². The number of amidine groups is 1. The highest BCUT2D eigenvalue weighted by Gasteiger charge is 2.25. The summed E-state index contributed by atoms with van der Waals surface area (Å²) in [6.45, 7) is 0.291. The molecule has 0 saturated carbocycles. The normalized spacial score (nSPS) is 20.9. The quantitative estimate of drug-likeness (QED) is 0.633. The molecule has 0 fully saturated rings. The van der Waals surface area contributed by atoms with Crippen LogP contribution in [0.25, 0.3) is 0 Å². The largest absolute Gasteiger partial charge is 0.330 e. The molecule has 18 heavy (non-hydrogen) atoms. The Morgan fingerprint density at radius 2 is 2.22 bits per heavy atom. The molecule has 0 aromatic rings. The maximum Gasteiger partial charge on any atom is 0.278 e. The first-order chi connectivity index (χ1) is 8.43. The number of nitrogens with zero attached hydrogens (tertiary/aromatic N) is 3. The van der Waals surface area contributed by atoms with Crippen LogP contribution in [0, 0.1) is 0 Å². The number of fused-ring (bicyclic) bond motifs is 1. The first-order valence-electron chi connectivity index (χ1n) is 5.24. The lowest BCUT2D eigenvalue weighted by atomic mass is 10.2. The SMILES string of the molecule is CON(C)C(=O)C1=CN2CCS(=O)(=O)N=C2C=C1. The summed E-state index contributed by atoms with van der Waals surface area (Å²) < 4.78 is 26.2. The number of carbonyl (C=O) groups excluding carboxylic acids is 1. The van der Waals surface area contributed by atoms with E-state index in [-0.39, 0.29) is 11.7 Å². The van der Waals surface area contributed by atoms with Gasteiger partial charge in [0.1, 0.15) is 5.84 Å². The first-order valence-corrected chi connectivity index (χ1v) is 6.85. The molecule has 0 saturated heterocycles. The average Bonchev–Trinajstić information content (AvgIpc) is 2.35. The van der Waals surface area contributed by atoms with E-state index >= 15 is 0 Å². The lowest BCUT2D eigenvalue weighted by Crippen LogP contribution is -2.38. The standard InChI is InChI=1S/C10H13N3O4S/c1-12(17-2)10(14)8-3-4-9-11-18(15,16)6-5-13(9)7-8/h3-4,7H,5-6H2,1-2H3. The number of likely N-dealkylation sites (N-methyl/N-ethyl adjacent to an activating group) is 1. The third kappa shape index (κ3) is 2.44. The lowest BCUT2D eigenvalue weighted by Gasteiger charge is -2.27. The van der Waals surface area contributed by atoms with Crippen LogP contribution in [-0.4, -0.2) is 56.6 Å². The molecule has 2 aliphatic rings. The average molecular weight is 271 g/mol. The Morgan fingerprint density at radius 3 is 2.89 bits per heavy atom. The Kier molecular flexibility index (Phi) is 3.22. The van der Waals surface area contributed by atoms with Gasteiger partial charge in [-0.15, -0.1) is 4.40 Å². The summed E-state index contributed by atoms with van der Waals surface area (Å²) in [6.07, 6.45) is 4.60. The van der Waals surface area contributed by atoms with E-state index in [1.807, 2.05) is 0 Å². The topological polar surface area (TPSA) is 79.3 Å². The zero-order valence-corrected chi connectivity index (χ0v) is 10.8. The van der Waals surface area contributed by atoms with Crippen molar-refractivity contribution in [3.05, 3.63) is 23.9 Å². The molecule has 7 nitrogen and oxygen atoms in total. The van der Waals surface area contributed by atoms with E-state index in [4.69, 9.17) is 4.84 Å². The molecule has 0 aliphatic carbocycles. The summed E-state index contributed by atoms with van der Waals surface area (Å²) in [5, 5.41) is 1.10. The highest BCUT2D eigenvalue weighted by Crippen LogP contribution is 2.16. The highest BCUT2D eigenvalue weighted by molar-refractivity contribution is 7.90. The first kappa shape index (κ1) is 12.8. The molecule has 2 heterocycles. The van der Waals surface area contributed by atoms with Gasteiger partial charge < -0.3 is 4.90 Å². The molecule has 8 heteroatoms. The summed E-state index contributed by atoms with van der Waals surface area (Å²) in [4.78, 5) is 18.3. The van der Waals surface area contributed by atoms with Crippen LogP contribution < -0.4 is 0 Å². The minimum absolute atomic E-state index is 0.0531. The van der Waals surface area contributed by atoms with Crippen LogP contribution in [0.1, 0.15) is 0 Å². The lowest BCUT2D eigenvalue weighted by molar-refractivity contribution is -0.163. The molecule has 2 aliphatic heterocycles. The molecular formula is C10H13N3O4S. The van der Waals surface area contributed by atoms with Gasteiger partial charge in [-0.1, -0.05) is 0 Å². The van der Waals surface area contributed by atoms with Crippen LogP contribution in [-0.2, 0) is 19.7 Å². The van der Waals surface area contributed by atoms with E-state index in [0.717, 1.165) is 5.06 Å². The highest BCUT2D eigenvalue weighted by atomic mass is 32.2. The molecule has 1 amide bonds. The van der Waals surface area contributed by atoms with Crippen LogP contribution in [0.15, 0.2) is 28.3 Å². The van der Waals surface area contributed by atoms with Crippen LogP contribution in [0.4, 0.5) is 0 Å². The monoisotopic (exact) mass is 271 g/mol. The zero-order valence-electron chi connectivity index (χ0n) is 10.0. The van der Waals surface area contributed by atoms with Gasteiger partial charge in [-0.3, -0.25) is 9.63 Å². The molecule has 0 radical (unpaired) electrons. The molecule has 0 aromatic heterocycles. The summed E-state index contributed by atoms with van der Waals surface area (Å²) in [5.41, 5.74) is 0.414. The van der Waals surface area contributed by atoms with Crippen molar-refractivity contribution >= 4 is 21.8 Å². The second kappa shape index (κ2) is 4.54. The van der Waals surface area contributed by atoms with E-state index in [2.05, 4.69) is 4.40 Å². The molecule has 98 valence electrons. The maximum absolute atomic E-state index is 11.8. The van der Waals surface area contributed by atoms with Gasteiger partial charge in [-0.25, -0.2) is 13.5 Å². The number of hydrogen-bond donors (Lipinski definition) is 0. The van der Waals surface area contributed by atoms with Crippen LogP contribution in [0.3, 0.4) is 0 Å². The summed E-state index contributed by atoms with van der Waals surface area (Å²) >= 11 is 0. The van der Waals surface area contributed by atoms with Gasteiger partial charge in [-0.05, 0) is 12.2 Å². The Morgan fingerprint density at radius 1 is 1.50 bits per heavy atom. The van der Waals surface area contributed by atoms with E-state index in [9.17, 15) is 13.2 Å². The molecule has 0 N–H and O–H groups in total. The third-order valence-electron chi connectivity index (χ3n) is 2.63. The van der Waals surface area contributed by atoms with Crippen LogP contribution in [0.2, 0.25) is 0 Å².